The van der Waals surface area contributed by atoms with Crippen LogP contribution in [0.2, 0.25) is 0 Å². The highest BCUT2D eigenvalue weighted by Crippen LogP contribution is 2.13. The number of rotatable bonds is 5. The van der Waals surface area contributed by atoms with Crippen LogP contribution in [-0.2, 0) is 4.79 Å². The van der Waals surface area contributed by atoms with E-state index in [1.807, 2.05) is 6.92 Å². The monoisotopic (exact) mass is 262 g/mol. The summed E-state index contributed by atoms with van der Waals surface area (Å²) in [5.74, 6) is -0.733. The maximum atomic E-state index is 11.8. The van der Waals surface area contributed by atoms with Crippen LogP contribution in [-0.4, -0.2) is 35.1 Å². The second-order valence-electron chi connectivity index (χ2n) is 3.86. The Morgan fingerprint density at radius 3 is 2.63 bits per heavy atom. The fraction of sp³-hybridized carbons (Fsp3) is 0.231. The lowest BCUT2D eigenvalue weighted by molar-refractivity contribution is -0.384. The molecule has 0 heterocycles. The highest BCUT2D eigenvalue weighted by molar-refractivity contribution is 6.07. The minimum atomic E-state index is -0.573. The highest BCUT2D eigenvalue weighted by atomic mass is 16.6. The van der Waals surface area contributed by atoms with E-state index in [1.165, 1.54) is 29.2 Å². The Morgan fingerprint density at radius 1 is 1.37 bits per heavy atom. The predicted octanol–water partition coefficient (Wildman–Crippen LogP) is 1.81. The Kier molecular flexibility index (Phi) is 4.93. The Hall–Kier alpha value is -2.50. The van der Waals surface area contributed by atoms with Gasteiger partial charge < -0.3 is 4.90 Å². The van der Waals surface area contributed by atoms with Crippen molar-refractivity contribution in [2.24, 2.45) is 0 Å². The molecule has 0 radical (unpaired) electrons. The summed E-state index contributed by atoms with van der Waals surface area (Å²) < 4.78 is 0. The standard InChI is InChI=1S/C13H14N2O4/c1-3-14(2)13(17)8-7-12(16)10-5-4-6-11(9-10)15(18)19/h4-9H,3H2,1-2H3/b8-7+. The Labute approximate surface area is 110 Å². The summed E-state index contributed by atoms with van der Waals surface area (Å²) in [4.78, 5) is 34.7. The van der Waals surface area contributed by atoms with E-state index in [9.17, 15) is 19.7 Å². The van der Waals surface area contributed by atoms with Crippen molar-refractivity contribution in [3.05, 3.63) is 52.1 Å². The lowest BCUT2D eigenvalue weighted by Crippen LogP contribution is -2.24. The van der Waals surface area contributed by atoms with Gasteiger partial charge in [0, 0.05) is 37.4 Å². The summed E-state index contributed by atoms with van der Waals surface area (Å²) in [6, 6.07) is 5.38. The molecule has 0 unspecified atom stereocenters. The maximum Gasteiger partial charge on any atom is 0.270 e. The summed E-state index contributed by atoms with van der Waals surface area (Å²) in [5.41, 5.74) is 0.0219. The van der Waals surface area contributed by atoms with Crippen LogP contribution < -0.4 is 0 Å². The van der Waals surface area contributed by atoms with Gasteiger partial charge >= 0.3 is 0 Å². The second-order valence-corrected chi connectivity index (χ2v) is 3.86. The number of benzene rings is 1. The normalized spacial score (nSPS) is 10.4. The van der Waals surface area contributed by atoms with Gasteiger partial charge in [-0.2, -0.15) is 0 Å². The Balaban J connectivity index is 2.84. The zero-order chi connectivity index (χ0) is 14.4. The van der Waals surface area contributed by atoms with E-state index < -0.39 is 10.7 Å². The summed E-state index contributed by atoms with van der Waals surface area (Å²) in [7, 11) is 1.62. The van der Waals surface area contributed by atoms with E-state index in [-0.39, 0.29) is 17.2 Å². The van der Waals surface area contributed by atoms with Gasteiger partial charge in [0.05, 0.1) is 4.92 Å². The molecule has 1 aromatic carbocycles. The van der Waals surface area contributed by atoms with E-state index >= 15 is 0 Å². The quantitative estimate of drug-likeness (QED) is 0.351. The summed E-state index contributed by atoms with van der Waals surface area (Å²) in [6.45, 7) is 2.35. The lowest BCUT2D eigenvalue weighted by Gasteiger charge is -2.10. The number of ketones is 1. The van der Waals surface area contributed by atoms with E-state index in [4.69, 9.17) is 0 Å². The highest BCUT2D eigenvalue weighted by Gasteiger charge is 2.10. The lowest BCUT2D eigenvalue weighted by atomic mass is 10.1. The molecule has 6 nitrogen and oxygen atoms in total. The molecule has 0 aliphatic rings. The minimum absolute atomic E-state index is 0.156. The topological polar surface area (TPSA) is 80.5 Å². The smallest absolute Gasteiger partial charge is 0.270 e. The van der Waals surface area contributed by atoms with E-state index in [2.05, 4.69) is 0 Å². The molecule has 0 saturated carbocycles. The SMILES string of the molecule is CCN(C)C(=O)/C=C/C(=O)c1cccc([N+](=O)[O-])c1. The molecule has 1 rings (SSSR count). The fourth-order valence-electron chi connectivity index (χ4n) is 1.30. The van der Waals surface area contributed by atoms with Gasteiger partial charge in [0.25, 0.3) is 5.69 Å². The molecule has 0 saturated heterocycles. The number of nitro groups is 1. The molecule has 0 aromatic heterocycles. The molecular weight excluding hydrogens is 248 g/mol. The first-order valence-electron chi connectivity index (χ1n) is 5.67. The van der Waals surface area contributed by atoms with Crippen LogP contribution in [0.4, 0.5) is 5.69 Å². The first kappa shape index (κ1) is 14.6. The van der Waals surface area contributed by atoms with Crippen LogP contribution >= 0.6 is 0 Å². The van der Waals surface area contributed by atoms with Crippen molar-refractivity contribution < 1.29 is 14.5 Å². The van der Waals surface area contributed by atoms with Crippen molar-refractivity contribution in [3.8, 4) is 0 Å². The molecule has 6 heteroatoms. The van der Waals surface area contributed by atoms with Gasteiger partial charge in [-0.25, -0.2) is 0 Å². The van der Waals surface area contributed by atoms with Crippen LogP contribution in [0.15, 0.2) is 36.4 Å². The van der Waals surface area contributed by atoms with Gasteiger partial charge in [0.15, 0.2) is 5.78 Å². The Bertz CT molecular complexity index is 537. The third-order valence-electron chi connectivity index (χ3n) is 2.57. The molecule has 0 N–H and O–H groups in total. The maximum absolute atomic E-state index is 11.8. The van der Waals surface area contributed by atoms with Gasteiger partial charge in [-0.05, 0) is 13.0 Å². The molecule has 1 aromatic rings. The number of nitro benzene ring substituents is 1. The van der Waals surface area contributed by atoms with Crippen molar-refractivity contribution in [3.63, 3.8) is 0 Å². The van der Waals surface area contributed by atoms with E-state index in [1.54, 1.807) is 7.05 Å². The number of likely N-dealkylation sites (N-methyl/N-ethyl adjacent to an activating group) is 1. The number of carbonyl (C=O) groups excluding carboxylic acids is 2. The third kappa shape index (κ3) is 4.02. The number of non-ortho nitro benzene ring substituents is 1. The molecule has 1 amide bonds. The van der Waals surface area contributed by atoms with Crippen LogP contribution in [0.3, 0.4) is 0 Å². The second kappa shape index (κ2) is 6.44. The van der Waals surface area contributed by atoms with Crippen molar-refractivity contribution >= 4 is 17.4 Å². The minimum Gasteiger partial charge on any atom is -0.343 e. The number of amides is 1. The Morgan fingerprint density at radius 2 is 2.05 bits per heavy atom. The molecule has 0 aliphatic heterocycles. The average molecular weight is 262 g/mol. The molecule has 0 fully saturated rings. The average Bonchev–Trinajstić information content (AvgIpc) is 2.43. The van der Waals surface area contributed by atoms with Gasteiger partial charge in [-0.15, -0.1) is 0 Å². The van der Waals surface area contributed by atoms with Crippen molar-refractivity contribution in [1.82, 2.24) is 4.90 Å². The molecule has 0 atom stereocenters. The molecule has 19 heavy (non-hydrogen) atoms. The van der Waals surface area contributed by atoms with Crippen molar-refractivity contribution in [1.29, 1.82) is 0 Å². The molecule has 0 spiro atoms. The molecule has 0 aliphatic carbocycles. The summed E-state index contributed by atoms with van der Waals surface area (Å²) in [5, 5.41) is 10.6. The van der Waals surface area contributed by atoms with Crippen molar-refractivity contribution in [2.75, 3.05) is 13.6 Å². The zero-order valence-electron chi connectivity index (χ0n) is 10.7. The van der Waals surface area contributed by atoms with Crippen LogP contribution in [0.1, 0.15) is 17.3 Å². The number of carbonyl (C=O) groups is 2. The van der Waals surface area contributed by atoms with Gasteiger partial charge in [0.1, 0.15) is 0 Å². The van der Waals surface area contributed by atoms with E-state index in [0.29, 0.717) is 6.54 Å². The molecule has 0 bridgehead atoms. The van der Waals surface area contributed by atoms with E-state index in [0.717, 1.165) is 12.2 Å². The van der Waals surface area contributed by atoms with Gasteiger partial charge in [-0.1, -0.05) is 12.1 Å². The summed E-state index contributed by atoms with van der Waals surface area (Å²) in [6.07, 6.45) is 2.28. The van der Waals surface area contributed by atoms with Crippen LogP contribution in [0.25, 0.3) is 0 Å². The fourth-order valence-corrected chi connectivity index (χ4v) is 1.30. The van der Waals surface area contributed by atoms with Crippen LogP contribution in [0.5, 0.6) is 0 Å². The van der Waals surface area contributed by atoms with Crippen molar-refractivity contribution in [2.45, 2.75) is 6.92 Å². The number of hydrogen-bond acceptors (Lipinski definition) is 4. The number of allylic oxidation sites excluding steroid dienone is 1. The van der Waals surface area contributed by atoms with Gasteiger partial charge in [0.2, 0.25) is 5.91 Å². The first-order valence-corrected chi connectivity index (χ1v) is 5.67. The number of nitrogens with zero attached hydrogens (tertiary/aromatic N) is 2. The first-order chi connectivity index (χ1) is 8.95. The predicted molar refractivity (Wildman–Crippen MR) is 69.9 cm³/mol. The molecular formula is C13H14N2O4. The summed E-state index contributed by atoms with van der Waals surface area (Å²) >= 11 is 0. The van der Waals surface area contributed by atoms with Gasteiger partial charge in [-0.3, -0.25) is 19.7 Å². The third-order valence-corrected chi connectivity index (χ3v) is 2.57. The largest absolute Gasteiger partial charge is 0.343 e. The molecule has 100 valence electrons. The number of hydrogen-bond donors (Lipinski definition) is 0. The zero-order valence-corrected chi connectivity index (χ0v) is 10.7. The van der Waals surface area contributed by atoms with Crippen LogP contribution in [0, 0.1) is 10.1 Å².